The molecule has 3 nitrogen and oxygen atoms in total. The van der Waals surface area contributed by atoms with E-state index in [9.17, 15) is 13.6 Å². The molecule has 1 unspecified atom stereocenters. The van der Waals surface area contributed by atoms with Crippen molar-refractivity contribution in [2.24, 2.45) is 5.92 Å². The van der Waals surface area contributed by atoms with E-state index in [1.165, 1.54) is 18.6 Å². The summed E-state index contributed by atoms with van der Waals surface area (Å²) in [4.78, 5) is 12.5. The third-order valence-corrected chi connectivity index (χ3v) is 4.49. The number of hydrogen-bond acceptors (Lipinski definition) is 3. The summed E-state index contributed by atoms with van der Waals surface area (Å²) in [5.74, 6) is 0.123. The van der Waals surface area contributed by atoms with E-state index in [-0.39, 0.29) is 23.1 Å². The van der Waals surface area contributed by atoms with Crippen LogP contribution in [-0.4, -0.2) is 24.6 Å². The van der Waals surface area contributed by atoms with Gasteiger partial charge >= 0.3 is 6.61 Å². The van der Waals surface area contributed by atoms with Gasteiger partial charge in [0.2, 0.25) is 0 Å². The SMILES string of the molecule is O=C(c1ccc(OC(F)F)cc1)C1CCOC2(CCC2)C1. The molecule has 1 aromatic rings. The number of carbonyl (C=O) groups excluding carboxylic acids is 1. The highest BCUT2D eigenvalue weighted by Crippen LogP contribution is 2.44. The van der Waals surface area contributed by atoms with E-state index in [1.807, 2.05) is 0 Å². The van der Waals surface area contributed by atoms with Crippen molar-refractivity contribution < 1.29 is 23.0 Å². The van der Waals surface area contributed by atoms with Gasteiger partial charge in [-0.3, -0.25) is 4.79 Å². The van der Waals surface area contributed by atoms with Crippen LogP contribution in [0.5, 0.6) is 5.75 Å². The third-order valence-electron chi connectivity index (χ3n) is 4.49. The molecule has 0 N–H and O–H groups in total. The molecule has 114 valence electrons. The van der Waals surface area contributed by atoms with Crippen LogP contribution in [0.2, 0.25) is 0 Å². The van der Waals surface area contributed by atoms with E-state index < -0.39 is 6.61 Å². The van der Waals surface area contributed by atoms with Crippen molar-refractivity contribution in [2.45, 2.75) is 44.3 Å². The molecule has 1 heterocycles. The zero-order valence-electron chi connectivity index (χ0n) is 11.7. The van der Waals surface area contributed by atoms with E-state index in [1.54, 1.807) is 12.1 Å². The minimum atomic E-state index is -2.85. The largest absolute Gasteiger partial charge is 0.435 e. The molecule has 3 rings (SSSR count). The maximum atomic E-state index is 12.5. The van der Waals surface area contributed by atoms with Gasteiger partial charge in [-0.1, -0.05) is 0 Å². The fourth-order valence-corrected chi connectivity index (χ4v) is 3.21. The van der Waals surface area contributed by atoms with Crippen molar-refractivity contribution >= 4 is 5.78 Å². The second kappa shape index (κ2) is 5.72. The van der Waals surface area contributed by atoms with Crippen molar-refractivity contribution in [3.05, 3.63) is 29.8 Å². The van der Waals surface area contributed by atoms with Crippen LogP contribution in [0.3, 0.4) is 0 Å². The summed E-state index contributed by atoms with van der Waals surface area (Å²) in [5.41, 5.74) is 0.482. The monoisotopic (exact) mass is 296 g/mol. The number of alkyl halides is 2. The Morgan fingerprint density at radius 1 is 1.29 bits per heavy atom. The maximum Gasteiger partial charge on any atom is 0.387 e. The van der Waals surface area contributed by atoms with Gasteiger partial charge < -0.3 is 9.47 Å². The van der Waals surface area contributed by atoms with Crippen LogP contribution in [0, 0.1) is 5.92 Å². The van der Waals surface area contributed by atoms with Crippen LogP contribution < -0.4 is 4.74 Å². The van der Waals surface area contributed by atoms with Gasteiger partial charge in [-0.05, 0) is 56.4 Å². The number of ether oxygens (including phenoxy) is 2. The number of carbonyl (C=O) groups is 1. The summed E-state index contributed by atoms with van der Waals surface area (Å²) in [6, 6.07) is 5.95. The molecule has 1 saturated carbocycles. The molecule has 0 radical (unpaired) electrons. The van der Waals surface area contributed by atoms with Crippen molar-refractivity contribution in [3.63, 3.8) is 0 Å². The van der Waals surface area contributed by atoms with Gasteiger partial charge in [0.05, 0.1) is 5.60 Å². The van der Waals surface area contributed by atoms with Crippen LogP contribution in [-0.2, 0) is 4.74 Å². The molecule has 5 heteroatoms. The Morgan fingerprint density at radius 3 is 2.57 bits per heavy atom. The van der Waals surface area contributed by atoms with E-state index in [0.29, 0.717) is 12.2 Å². The number of Topliss-reactive ketones (excluding diaryl/α,β-unsaturated/α-hetero) is 1. The second-order valence-electron chi connectivity index (χ2n) is 5.84. The number of hydrogen-bond donors (Lipinski definition) is 0. The quantitative estimate of drug-likeness (QED) is 0.792. The highest BCUT2D eigenvalue weighted by Gasteiger charge is 2.44. The molecule has 0 amide bonds. The Kier molecular flexibility index (Phi) is 3.93. The molecule has 1 atom stereocenters. The van der Waals surface area contributed by atoms with Gasteiger partial charge in [0.15, 0.2) is 5.78 Å². The molecule has 2 aliphatic rings. The molecule has 1 aliphatic carbocycles. The number of rotatable bonds is 4. The Morgan fingerprint density at radius 2 is 2.00 bits per heavy atom. The molecule has 1 spiro atoms. The molecule has 0 aromatic heterocycles. The van der Waals surface area contributed by atoms with Gasteiger partial charge in [0.1, 0.15) is 5.75 Å². The van der Waals surface area contributed by atoms with Gasteiger partial charge in [0.25, 0.3) is 0 Å². The summed E-state index contributed by atoms with van der Waals surface area (Å²) >= 11 is 0. The highest BCUT2D eigenvalue weighted by atomic mass is 19.3. The third kappa shape index (κ3) is 3.07. The predicted molar refractivity (Wildman–Crippen MR) is 72.7 cm³/mol. The Bertz CT molecular complexity index is 509. The number of benzene rings is 1. The topological polar surface area (TPSA) is 35.5 Å². The van der Waals surface area contributed by atoms with E-state index in [2.05, 4.69) is 4.74 Å². The lowest BCUT2D eigenvalue weighted by atomic mass is 9.70. The first-order valence-electron chi connectivity index (χ1n) is 7.31. The maximum absolute atomic E-state index is 12.5. The predicted octanol–water partition coefficient (Wildman–Crippen LogP) is 3.82. The normalized spacial score (nSPS) is 23.9. The molecule has 1 saturated heterocycles. The highest BCUT2D eigenvalue weighted by molar-refractivity contribution is 5.98. The van der Waals surface area contributed by atoms with Crippen molar-refractivity contribution in [3.8, 4) is 5.75 Å². The second-order valence-corrected chi connectivity index (χ2v) is 5.84. The number of halogens is 2. The number of ketones is 1. The Balaban J connectivity index is 1.67. The van der Waals surface area contributed by atoms with E-state index in [4.69, 9.17) is 4.74 Å². The zero-order valence-corrected chi connectivity index (χ0v) is 11.7. The van der Waals surface area contributed by atoms with Gasteiger partial charge in [0, 0.05) is 18.1 Å². The molecular weight excluding hydrogens is 278 g/mol. The molecule has 0 bridgehead atoms. The first-order valence-corrected chi connectivity index (χ1v) is 7.31. The minimum Gasteiger partial charge on any atom is -0.435 e. The van der Waals surface area contributed by atoms with Gasteiger partial charge in [-0.2, -0.15) is 8.78 Å². The Labute approximate surface area is 122 Å². The molecule has 21 heavy (non-hydrogen) atoms. The first-order chi connectivity index (χ1) is 10.1. The van der Waals surface area contributed by atoms with E-state index in [0.717, 1.165) is 25.7 Å². The van der Waals surface area contributed by atoms with Crippen molar-refractivity contribution in [2.75, 3.05) is 6.61 Å². The standard InChI is InChI=1S/C16H18F2O3/c17-15(18)21-13-4-2-11(3-5-13)14(19)12-6-9-20-16(10-12)7-1-8-16/h2-5,12,15H,1,6-10H2. The van der Waals surface area contributed by atoms with Gasteiger partial charge in [-0.25, -0.2) is 0 Å². The van der Waals surface area contributed by atoms with Crippen LogP contribution in [0.1, 0.15) is 42.5 Å². The fourth-order valence-electron chi connectivity index (χ4n) is 3.21. The van der Waals surface area contributed by atoms with Crippen molar-refractivity contribution in [1.29, 1.82) is 0 Å². The fraction of sp³-hybridized carbons (Fsp3) is 0.562. The minimum absolute atomic E-state index is 0.0269. The lowest BCUT2D eigenvalue weighted by molar-refractivity contribution is -0.137. The van der Waals surface area contributed by atoms with Crippen LogP contribution in [0.25, 0.3) is 0 Å². The van der Waals surface area contributed by atoms with Crippen LogP contribution in [0.15, 0.2) is 24.3 Å². The van der Waals surface area contributed by atoms with Crippen LogP contribution in [0.4, 0.5) is 8.78 Å². The summed E-state index contributed by atoms with van der Waals surface area (Å²) < 4.78 is 34.3. The van der Waals surface area contributed by atoms with Crippen LogP contribution >= 0.6 is 0 Å². The Hall–Kier alpha value is -1.49. The molecule has 1 aliphatic heterocycles. The lowest BCUT2D eigenvalue weighted by Gasteiger charge is -2.46. The zero-order chi connectivity index (χ0) is 14.9. The molecular formula is C16H18F2O3. The van der Waals surface area contributed by atoms with E-state index >= 15 is 0 Å². The average Bonchev–Trinajstić information content (AvgIpc) is 2.45. The first kappa shape index (κ1) is 14.4. The lowest BCUT2D eigenvalue weighted by Crippen LogP contribution is -2.47. The average molecular weight is 296 g/mol. The van der Waals surface area contributed by atoms with Crippen molar-refractivity contribution in [1.82, 2.24) is 0 Å². The van der Waals surface area contributed by atoms with Gasteiger partial charge in [-0.15, -0.1) is 0 Å². The molecule has 1 aromatic carbocycles. The summed E-state index contributed by atoms with van der Waals surface area (Å²) in [5, 5.41) is 0. The molecule has 2 fully saturated rings. The summed E-state index contributed by atoms with van der Waals surface area (Å²) in [7, 11) is 0. The smallest absolute Gasteiger partial charge is 0.387 e. The summed E-state index contributed by atoms with van der Waals surface area (Å²) in [6.07, 6.45) is 4.76. The summed E-state index contributed by atoms with van der Waals surface area (Å²) in [6.45, 7) is -2.22.